The van der Waals surface area contributed by atoms with Crippen LogP contribution in [0.1, 0.15) is 46.7 Å². The first-order valence-corrected chi connectivity index (χ1v) is 12.6. The maximum absolute atomic E-state index is 13.0. The Morgan fingerprint density at radius 1 is 1.03 bits per heavy atom. The predicted octanol–water partition coefficient (Wildman–Crippen LogP) is 2.77. The van der Waals surface area contributed by atoms with Gasteiger partial charge in [-0.2, -0.15) is 0 Å². The molecule has 0 spiro atoms. The zero-order valence-corrected chi connectivity index (χ0v) is 18.6. The first-order chi connectivity index (χ1) is 14.9. The van der Waals surface area contributed by atoms with Crippen LogP contribution < -0.4 is 9.21 Å². The summed E-state index contributed by atoms with van der Waals surface area (Å²) in [5.41, 5.74) is 3.78. The van der Waals surface area contributed by atoms with Crippen molar-refractivity contribution >= 4 is 27.4 Å². The van der Waals surface area contributed by atoms with Gasteiger partial charge in [0, 0.05) is 44.5 Å². The number of piperazine rings is 1. The van der Waals surface area contributed by atoms with Crippen LogP contribution in [0, 0.1) is 6.92 Å². The molecule has 5 rings (SSSR count). The number of sulfonamides is 1. The number of pyridine rings is 1. The van der Waals surface area contributed by atoms with Crippen LogP contribution in [0.5, 0.6) is 0 Å². The average Bonchev–Trinajstić information content (AvgIpc) is 3.56. The van der Waals surface area contributed by atoms with E-state index in [1.807, 2.05) is 11.1 Å². The molecule has 0 bridgehead atoms. The highest BCUT2D eigenvalue weighted by molar-refractivity contribution is 7.93. The quantitative estimate of drug-likeness (QED) is 0.731. The summed E-state index contributed by atoms with van der Waals surface area (Å²) in [6.45, 7) is 5.43. The summed E-state index contributed by atoms with van der Waals surface area (Å²) in [6, 6.07) is 9.21. The first kappa shape index (κ1) is 20.3. The number of anilines is 2. The van der Waals surface area contributed by atoms with Gasteiger partial charge in [-0.3, -0.25) is 9.10 Å². The molecule has 3 fully saturated rings. The minimum absolute atomic E-state index is 0.00996. The second-order valence-electron chi connectivity index (χ2n) is 8.75. The number of benzene rings is 1. The van der Waals surface area contributed by atoms with E-state index in [9.17, 15) is 13.2 Å². The minimum Gasteiger partial charge on any atom is -0.353 e. The van der Waals surface area contributed by atoms with E-state index >= 15 is 0 Å². The molecule has 1 amide bonds. The number of hydrogen-bond donors (Lipinski definition) is 0. The number of aryl methyl sites for hydroxylation is 1. The summed E-state index contributed by atoms with van der Waals surface area (Å²) in [6.07, 6.45) is 5.21. The van der Waals surface area contributed by atoms with Crippen LogP contribution in [0.3, 0.4) is 0 Å². The van der Waals surface area contributed by atoms with E-state index in [-0.39, 0.29) is 11.7 Å². The molecule has 1 aliphatic carbocycles. The smallest absolute Gasteiger partial charge is 0.253 e. The Kier molecular flexibility index (Phi) is 5.12. The molecule has 0 N–H and O–H groups in total. The number of rotatable bonds is 4. The SMILES string of the molecule is Cc1cc(C2CC2)cnc1N1CCN(C(=O)c2ccc(N3CCCS3(=O)=O)cc2)CC1. The number of amides is 1. The molecule has 7 nitrogen and oxygen atoms in total. The highest BCUT2D eigenvalue weighted by Crippen LogP contribution is 2.40. The highest BCUT2D eigenvalue weighted by atomic mass is 32.2. The van der Waals surface area contributed by atoms with Gasteiger partial charge in [0.15, 0.2) is 0 Å². The lowest BCUT2D eigenvalue weighted by molar-refractivity contribution is 0.0746. The standard InChI is InChI=1S/C23H28N4O3S/c1-17-15-20(18-3-4-18)16-24-22(17)25-10-12-26(13-11-25)23(28)19-5-7-21(8-6-19)27-9-2-14-31(27,29)30/h5-8,15-16,18H,2-4,9-14H2,1H3. The molecule has 0 atom stereocenters. The van der Waals surface area contributed by atoms with E-state index in [1.165, 1.54) is 28.3 Å². The summed E-state index contributed by atoms with van der Waals surface area (Å²) < 4.78 is 25.6. The van der Waals surface area contributed by atoms with Crippen LogP contribution in [-0.2, 0) is 10.0 Å². The van der Waals surface area contributed by atoms with Crippen molar-refractivity contribution in [2.75, 3.05) is 47.7 Å². The molecule has 1 aromatic carbocycles. The molecule has 2 aliphatic heterocycles. The molecule has 3 aliphatic rings. The Morgan fingerprint density at radius 2 is 1.74 bits per heavy atom. The zero-order chi connectivity index (χ0) is 21.6. The lowest BCUT2D eigenvalue weighted by Gasteiger charge is -2.36. The molecular weight excluding hydrogens is 412 g/mol. The first-order valence-electron chi connectivity index (χ1n) is 11.0. The highest BCUT2D eigenvalue weighted by Gasteiger charge is 2.29. The van der Waals surface area contributed by atoms with Crippen LogP contribution >= 0.6 is 0 Å². The van der Waals surface area contributed by atoms with E-state index in [4.69, 9.17) is 4.98 Å². The lowest BCUT2D eigenvalue weighted by Crippen LogP contribution is -2.49. The molecule has 164 valence electrons. The third kappa shape index (κ3) is 4.01. The van der Waals surface area contributed by atoms with Gasteiger partial charge in [-0.25, -0.2) is 13.4 Å². The Labute approximate surface area is 183 Å². The van der Waals surface area contributed by atoms with E-state index < -0.39 is 10.0 Å². The van der Waals surface area contributed by atoms with E-state index in [0.29, 0.717) is 43.2 Å². The lowest BCUT2D eigenvalue weighted by atomic mass is 10.1. The van der Waals surface area contributed by atoms with Crippen LogP contribution in [0.2, 0.25) is 0 Å². The van der Waals surface area contributed by atoms with Crippen LogP contribution in [0.4, 0.5) is 11.5 Å². The van der Waals surface area contributed by atoms with Gasteiger partial charge in [0.1, 0.15) is 5.82 Å². The molecule has 1 saturated carbocycles. The topological polar surface area (TPSA) is 73.8 Å². The van der Waals surface area contributed by atoms with Crippen LogP contribution in [0.15, 0.2) is 36.5 Å². The molecular formula is C23H28N4O3S. The minimum atomic E-state index is -3.21. The molecule has 1 aromatic heterocycles. The number of aromatic nitrogens is 1. The fourth-order valence-electron chi connectivity index (χ4n) is 4.56. The number of nitrogens with zero attached hydrogens (tertiary/aromatic N) is 4. The fourth-order valence-corrected chi connectivity index (χ4v) is 6.13. The predicted molar refractivity (Wildman–Crippen MR) is 121 cm³/mol. The Bertz CT molecular complexity index is 1090. The second-order valence-corrected chi connectivity index (χ2v) is 10.8. The van der Waals surface area contributed by atoms with Gasteiger partial charge >= 0.3 is 0 Å². The van der Waals surface area contributed by atoms with Crippen molar-refractivity contribution in [3.05, 3.63) is 53.2 Å². The van der Waals surface area contributed by atoms with Crippen molar-refractivity contribution in [3.63, 3.8) is 0 Å². The summed E-state index contributed by atoms with van der Waals surface area (Å²) >= 11 is 0. The molecule has 0 radical (unpaired) electrons. The fraction of sp³-hybridized carbons (Fsp3) is 0.478. The second kappa shape index (κ2) is 7.82. The molecule has 2 aromatic rings. The molecule has 0 unspecified atom stereocenters. The third-order valence-electron chi connectivity index (χ3n) is 6.49. The van der Waals surface area contributed by atoms with Crippen molar-refractivity contribution in [2.45, 2.75) is 32.1 Å². The van der Waals surface area contributed by atoms with Crippen molar-refractivity contribution in [1.82, 2.24) is 9.88 Å². The Balaban J connectivity index is 1.22. The van der Waals surface area contributed by atoms with E-state index in [0.717, 1.165) is 18.9 Å². The largest absolute Gasteiger partial charge is 0.353 e. The Hall–Kier alpha value is -2.61. The van der Waals surface area contributed by atoms with Gasteiger partial charge in [-0.05, 0) is 67.5 Å². The van der Waals surface area contributed by atoms with Crippen molar-refractivity contribution < 1.29 is 13.2 Å². The number of hydrogen-bond acceptors (Lipinski definition) is 5. The normalized spacial score (nSPS) is 20.9. The van der Waals surface area contributed by atoms with Gasteiger partial charge in [-0.1, -0.05) is 6.07 Å². The van der Waals surface area contributed by atoms with Gasteiger partial charge in [0.05, 0.1) is 11.4 Å². The molecule has 3 heterocycles. The zero-order valence-electron chi connectivity index (χ0n) is 17.8. The maximum Gasteiger partial charge on any atom is 0.253 e. The maximum atomic E-state index is 13.0. The summed E-state index contributed by atoms with van der Waals surface area (Å²) in [5, 5.41) is 0. The van der Waals surface area contributed by atoms with Gasteiger partial charge < -0.3 is 9.80 Å². The summed E-state index contributed by atoms with van der Waals surface area (Å²) in [5.74, 6) is 1.90. The van der Waals surface area contributed by atoms with E-state index in [2.05, 4.69) is 17.9 Å². The van der Waals surface area contributed by atoms with Gasteiger partial charge in [-0.15, -0.1) is 0 Å². The van der Waals surface area contributed by atoms with Crippen LogP contribution in [0.25, 0.3) is 0 Å². The van der Waals surface area contributed by atoms with Crippen molar-refractivity contribution in [1.29, 1.82) is 0 Å². The number of carbonyl (C=O) groups is 1. The Morgan fingerprint density at radius 3 is 2.32 bits per heavy atom. The van der Waals surface area contributed by atoms with Crippen molar-refractivity contribution in [2.24, 2.45) is 0 Å². The monoisotopic (exact) mass is 440 g/mol. The number of carbonyl (C=O) groups excluding carboxylic acids is 1. The van der Waals surface area contributed by atoms with Gasteiger partial charge in [0.25, 0.3) is 5.91 Å². The van der Waals surface area contributed by atoms with Crippen LogP contribution in [-0.4, -0.2) is 62.7 Å². The molecule has 2 saturated heterocycles. The molecule has 31 heavy (non-hydrogen) atoms. The van der Waals surface area contributed by atoms with E-state index in [1.54, 1.807) is 24.3 Å². The van der Waals surface area contributed by atoms with Crippen molar-refractivity contribution in [3.8, 4) is 0 Å². The average molecular weight is 441 g/mol. The molecule has 8 heteroatoms. The third-order valence-corrected chi connectivity index (χ3v) is 8.36. The summed E-state index contributed by atoms with van der Waals surface area (Å²) in [4.78, 5) is 21.8. The van der Waals surface area contributed by atoms with Gasteiger partial charge in [0.2, 0.25) is 10.0 Å². The summed E-state index contributed by atoms with van der Waals surface area (Å²) in [7, 11) is -3.21.